The number of hydrogen-bond donors (Lipinski definition) is 2. The van der Waals surface area contributed by atoms with Crippen LogP contribution in [0.15, 0.2) is 24.3 Å². The molecule has 0 saturated carbocycles. The van der Waals surface area contributed by atoms with Crippen molar-refractivity contribution in [1.82, 2.24) is 10.6 Å². The average Bonchev–Trinajstić information content (AvgIpc) is 2.73. The molecule has 0 aliphatic carbocycles. The van der Waals surface area contributed by atoms with E-state index in [4.69, 9.17) is 9.47 Å². The lowest BCUT2D eigenvalue weighted by atomic mass is 9.95. The predicted octanol–water partition coefficient (Wildman–Crippen LogP) is 4.33. The minimum Gasteiger partial charge on any atom is -0.378 e. The van der Waals surface area contributed by atoms with Gasteiger partial charge in [-0.3, -0.25) is 9.59 Å². The van der Waals surface area contributed by atoms with Crippen molar-refractivity contribution >= 4 is 11.8 Å². The van der Waals surface area contributed by atoms with Gasteiger partial charge < -0.3 is 20.1 Å². The molecule has 0 radical (unpaired) electrons. The standard InChI is InChI=1S/C26H40N2O4/c1-17(2)12-23-15-21(8-10-31-23)27-25(29)19-6-5-7-20(14-19)26(30)28-22-9-11-32-24(16-22)13-18(3)4/h5-7,14,17-18,21-24H,8-13,15-16H2,1-4H3,(H,27,29)(H,28,30). The zero-order valence-electron chi connectivity index (χ0n) is 20.1. The molecule has 2 aliphatic heterocycles. The van der Waals surface area contributed by atoms with Gasteiger partial charge in [0.05, 0.1) is 12.2 Å². The van der Waals surface area contributed by atoms with Crippen molar-refractivity contribution in [2.24, 2.45) is 11.8 Å². The number of carbonyl (C=O) groups is 2. The van der Waals surface area contributed by atoms with Crippen molar-refractivity contribution < 1.29 is 19.1 Å². The highest BCUT2D eigenvalue weighted by Gasteiger charge is 2.26. The molecule has 0 aromatic heterocycles. The molecule has 2 aliphatic rings. The molecule has 1 aromatic carbocycles. The summed E-state index contributed by atoms with van der Waals surface area (Å²) in [4.78, 5) is 25.7. The SMILES string of the molecule is CC(C)CC1CC(NC(=O)c2cccc(C(=O)NC3CCOC(CC(C)C)C3)c2)CCO1. The third kappa shape index (κ3) is 7.59. The van der Waals surface area contributed by atoms with Crippen LogP contribution >= 0.6 is 0 Å². The number of amides is 2. The Morgan fingerprint density at radius 2 is 1.28 bits per heavy atom. The summed E-state index contributed by atoms with van der Waals surface area (Å²) >= 11 is 0. The normalized spacial score (nSPS) is 26.2. The van der Waals surface area contributed by atoms with Crippen LogP contribution in [0.4, 0.5) is 0 Å². The van der Waals surface area contributed by atoms with E-state index in [0.29, 0.717) is 36.2 Å². The summed E-state index contributed by atoms with van der Waals surface area (Å²) in [5.74, 6) is 0.887. The van der Waals surface area contributed by atoms with E-state index < -0.39 is 0 Å². The fourth-order valence-electron chi connectivity index (χ4n) is 4.74. The van der Waals surface area contributed by atoms with Crippen LogP contribution < -0.4 is 10.6 Å². The van der Waals surface area contributed by atoms with Crippen molar-refractivity contribution in [2.45, 2.75) is 90.5 Å². The van der Waals surface area contributed by atoms with Crippen LogP contribution in [-0.4, -0.2) is 49.3 Å². The number of ether oxygens (including phenoxy) is 2. The van der Waals surface area contributed by atoms with Crippen LogP contribution in [0.1, 0.15) is 86.9 Å². The van der Waals surface area contributed by atoms with E-state index in [-0.39, 0.29) is 36.1 Å². The maximum absolute atomic E-state index is 12.9. The summed E-state index contributed by atoms with van der Waals surface area (Å²) in [6.07, 6.45) is 5.73. The van der Waals surface area contributed by atoms with Gasteiger partial charge >= 0.3 is 0 Å². The summed E-state index contributed by atoms with van der Waals surface area (Å²) in [6, 6.07) is 7.23. The van der Waals surface area contributed by atoms with Crippen molar-refractivity contribution in [1.29, 1.82) is 0 Å². The molecular weight excluding hydrogens is 404 g/mol. The van der Waals surface area contributed by atoms with E-state index in [1.165, 1.54) is 0 Å². The minimum absolute atomic E-state index is 0.109. The average molecular weight is 445 g/mol. The third-order valence-electron chi connectivity index (χ3n) is 6.26. The Bertz CT molecular complexity index is 705. The lowest BCUT2D eigenvalue weighted by molar-refractivity contribution is -0.00878. The number of benzene rings is 1. The van der Waals surface area contributed by atoms with Gasteiger partial charge in [0.25, 0.3) is 11.8 Å². The van der Waals surface area contributed by atoms with E-state index in [2.05, 4.69) is 38.3 Å². The lowest BCUT2D eigenvalue weighted by Crippen LogP contribution is -2.43. The van der Waals surface area contributed by atoms with Gasteiger partial charge in [0, 0.05) is 36.4 Å². The summed E-state index contributed by atoms with van der Waals surface area (Å²) in [5.41, 5.74) is 1.04. The van der Waals surface area contributed by atoms with Crippen LogP contribution in [0.25, 0.3) is 0 Å². The largest absolute Gasteiger partial charge is 0.378 e. The second kappa shape index (κ2) is 11.8. The molecule has 178 valence electrons. The molecular formula is C26H40N2O4. The maximum Gasteiger partial charge on any atom is 0.251 e. The van der Waals surface area contributed by atoms with E-state index in [0.717, 1.165) is 38.5 Å². The molecule has 2 saturated heterocycles. The van der Waals surface area contributed by atoms with Gasteiger partial charge in [-0.15, -0.1) is 0 Å². The summed E-state index contributed by atoms with van der Waals surface area (Å²) in [6.45, 7) is 10.1. The molecule has 2 fully saturated rings. The summed E-state index contributed by atoms with van der Waals surface area (Å²) in [5, 5.41) is 6.29. The Kier molecular flexibility index (Phi) is 9.11. The minimum atomic E-state index is -0.127. The van der Waals surface area contributed by atoms with E-state index in [9.17, 15) is 9.59 Å². The first-order valence-electron chi connectivity index (χ1n) is 12.2. The summed E-state index contributed by atoms with van der Waals surface area (Å²) in [7, 11) is 0. The van der Waals surface area contributed by atoms with Gasteiger partial charge in [-0.2, -0.15) is 0 Å². The molecule has 6 heteroatoms. The summed E-state index contributed by atoms with van der Waals surface area (Å²) < 4.78 is 11.7. The molecule has 6 nitrogen and oxygen atoms in total. The number of carbonyl (C=O) groups excluding carboxylic acids is 2. The zero-order valence-corrected chi connectivity index (χ0v) is 20.1. The zero-order chi connectivity index (χ0) is 23.1. The van der Waals surface area contributed by atoms with Gasteiger partial charge in [-0.1, -0.05) is 33.8 Å². The van der Waals surface area contributed by atoms with Crippen molar-refractivity contribution in [3.8, 4) is 0 Å². The highest BCUT2D eigenvalue weighted by atomic mass is 16.5. The molecule has 3 rings (SSSR count). The van der Waals surface area contributed by atoms with E-state index >= 15 is 0 Å². The second-order valence-corrected chi connectivity index (χ2v) is 10.2. The quantitative estimate of drug-likeness (QED) is 0.626. The highest BCUT2D eigenvalue weighted by Crippen LogP contribution is 2.22. The Balaban J connectivity index is 1.55. The van der Waals surface area contributed by atoms with Crippen molar-refractivity contribution in [3.05, 3.63) is 35.4 Å². The number of rotatable bonds is 8. The third-order valence-corrected chi connectivity index (χ3v) is 6.26. The van der Waals surface area contributed by atoms with Crippen LogP contribution in [-0.2, 0) is 9.47 Å². The fraction of sp³-hybridized carbons (Fsp3) is 0.692. The van der Waals surface area contributed by atoms with Crippen molar-refractivity contribution in [3.63, 3.8) is 0 Å². The molecule has 2 amide bonds. The van der Waals surface area contributed by atoms with Crippen LogP contribution in [0.2, 0.25) is 0 Å². The van der Waals surface area contributed by atoms with Crippen LogP contribution in [0.5, 0.6) is 0 Å². The Labute approximate surface area is 192 Å². The monoisotopic (exact) mass is 444 g/mol. The van der Waals surface area contributed by atoms with Gasteiger partial charge in [0.2, 0.25) is 0 Å². The molecule has 1 aromatic rings. The fourth-order valence-corrected chi connectivity index (χ4v) is 4.74. The Morgan fingerprint density at radius 1 is 0.844 bits per heavy atom. The highest BCUT2D eigenvalue weighted by molar-refractivity contribution is 5.99. The van der Waals surface area contributed by atoms with Gasteiger partial charge in [0.1, 0.15) is 0 Å². The molecule has 2 heterocycles. The molecule has 32 heavy (non-hydrogen) atoms. The van der Waals surface area contributed by atoms with Gasteiger partial charge in [0.15, 0.2) is 0 Å². The van der Waals surface area contributed by atoms with E-state index in [1.807, 2.05) is 0 Å². The first-order chi connectivity index (χ1) is 15.3. The predicted molar refractivity (Wildman–Crippen MR) is 126 cm³/mol. The maximum atomic E-state index is 12.9. The van der Waals surface area contributed by atoms with Gasteiger partial charge in [-0.25, -0.2) is 0 Å². The van der Waals surface area contributed by atoms with Crippen molar-refractivity contribution in [2.75, 3.05) is 13.2 Å². The van der Waals surface area contributed by atoms with Crippen LogP contribution in [0.3, 0.4) is 0 Å². The molecule has 4 atom stereocenters. The first kappa shape index (κ1) is 24.7. The van der Waals surface area contributed by atoms with Crippen LogP contribution in [0, 0.1) is 11.8 Å². The second-order valence-electron chi connectivity index (χ2n) is 10.2. The lowest BCUT2D eigenvalue weighted by Gasteiger charge is -2.31. The Morgan fingerprint density at radius 3 is 1.69 bits per heavy atom. The number of nitrogens with one attached hydrogen (secondary N) is 2. The topological polar surface area (TPSA) is 76.7 Å². The van der Waals surface area contributed by atoms with E-state index in [1.54, 1.807) is 24.3 Å². The molecule has 4 unspecified atom stereocenters. The smallest absolute Gasteiger partial charge is 0.251 e. The first-order valence-corrected chi connectivity index (χ1v) is 12.2. The molecule has 0 spiro atoms. The molecule has 2 N–H and O–H groups in total. The molecule has 0 bridgehead atoms. The van der Waals surface area contributed by atoms with Gasteiger partial charge in [-0.05, 0) is 68.6 Å². The Hall–Kier alpha value is -1.92. The number of hydrogen-bond acceptors (Lipinski definition) is 4.